The van der Waals surface area contributed by atoms with Gasteiger partial charge in [0.1, 0.15) is 0 Å². The van der Waals surface area contributed by atoms with Gasteiger partial charge in [-0.25, -0.2) is 4.98 Å². The van der Waals surface area contributed by atoms with E-state index in [1.54, 1.807) is 11.3 Å². The van der Waals surface area contributed by atoms with E-state index in [2.05, 4.69) is 22.1 Å². The first-order valence-electron chi connectivity index (χ1n) is 6.35. The number of hydrogen-bond acceptors (Lipinski definition) is 4. The number of thiazole rings is 1. The van der Waals surface area contributed by atoms with Gasteiger partial charge in [-0.15, -0.1) is 11.3 Å². The number of hydrogen-bond donors (Lipinski definition) is 1. The summed E-state index contributed by atoms with van der Waals surface area (Å²) in [6.07, 6.45) is 1.84. The van der Waals surface area contributed by atoms with Crippen molar-refractivity contribution in [2.45, 2.75) is 19.4 Å². The molecule has 1 N–H and O–H groups in total. The van der Waals surface area contributed by atoms with E-state index >= 15 is 0 Å². The fourth-order valence-corrected chi connectivity index (χ4v) is 3.02. The summed E-state index contributed by atoms with van der Waals surface area (Å²) in [5, 5.41) is 10.4. The van der Waals surface area contributed by atoms with Gasteiger partial charge in [-0.2, -0.15) is 5.10 Å². The van der Waals surface area contributed by atoms with E-state index in [1.807, 2.05) is 46.5 Å². The molecule has 3 rings (SSSR count). The minimum absolute atomic E-state index is 0.307. The molecule has 20 heavy (non-hydrogen) atoms. The molecule has 102 valence electrons. The van der Waals surface area contributed by atoms with Crippen molar-refractivity contribution in [3.8, 4) is 11.4 Å². The van der Waals surface area contributed by atoms with Crippen molar-refractivity contribution in [3.05, 3.63) is 51.7 Å². The van der Waals surface area contributed by atoms with Gasteiger partial charge in [-0.3, -0.25) is 9.67 Å². The number of aromatic amines is 1. The van der Waals surface area contributed by atoms with Gasteiger partial charge in [-0.1, -0.05) is 37.3 Å². The van der Waals surface area contributed by atoms with E-state index in [1.165, 1.54) is 0 Å². The molecule has 0 radical (unpaired) electrons. The quantitative estimate of drug-likeness (QED) is 0.744. The van der Waals surface area contributed by atoms with Gasteiger partial charge in [-0.05, 0) is 12.2 Å². The van der Waals surface area contributed by atoms with E-state index in [0.717, 1.165) is 22.9 Å². The van der Waals surface area contributed by atoms with Crippen molar-refractivity contribution in [1.29, 1.82) is 0 Å². The molecule has 0 saturated carbocycles. The van der Waals surface area contributed by atoms with E-state index in [4.69, 9.17) is 12.2 Å². The molecule has 1 aromatic carbocycles. The highest BCUT2D eigenvalue weighted by Gasteiger charge is 2.14. The Labute approximate surface area is 126 Å². The highest BCUT2D eigenvalue weighted by atomic mass is 32.1. The summed E-state index contributed by atoms with van der Waals surface area (Å²) in [6, 6.07) is 10.1. The molecule has 2 heterocycles. The lowest BCUT2D eigenvalue weighted by atomic mass is 10.1. The monoisotopic (exact) mass is 302 g/mol. The lowest BCUT2D eigenvalue weighted by Crippen LogP contribution is -2.08. The fraction of sp³-hybridized carbons (Fsp3) is 0.214. The Balaban J connectivity index is 1.94. The van der Waals surface area contributed by atoms with Gasteiger partial charge in [0.25, 0.3) is 0 Å². The summed E-state index contributed by atoms with van der Waals surface area (Å²) in [5.74, 6) is 1.18. The van der Waals surface area contributed by atoms with Crippen molar-refractivity contribution < 1.29 is 0 Å². The molecule has 0 amide bonds. The molecule has 0 spiro atoms. The first kappa shape index (κ1) is 13.2. The van der Waals surface area contributed by atoms with Crippen molar-refractivity contribution in [2.24, 2.45) is 0 Å². The van der Waals surface area contributed by atoms with Crippen LogP contribution in [0, 0.1) is 4.77 Å². The maximum absolute atomic E-state index is 5.35. The molecule has 0 aliphatic heterocycles. The zero-order valence-corrected chi connectivity index (χ0v) is 12.6. The summed E-state index contributed by atoms with van der Waals surface area (Å²) < 4.78 is 2.68. The van der Waals surface area contributed by atoms with Gasteiger partial charge in [0.05, 0.1) is 5.01 Å². The number of nitrogens with one attached hydrogen (secondary N) is 1. The molecule has 0 bridgehead atoms. The first-order chi connectivity index (χ1) is 9.75. The average Bonchev–Trinajstić information content (AvgIpc) is 3.11. The number of H-pyrrole nitrogens is 1. The Bertz CT molecular complexity index is 728. The highest BCUT2D eigenvalue weighted by molar-refractivity contribution is 7.71. The van der Waals surface area contributed by atoms with Crippen molar-refractivity contribution in [1.82, 2.24) is 19.7 Å². The summed E-state index contributed by atoms with van der Waals surface area (Å²) in [7, 11) is 0. The Morgan fingerprint density at radius 1 is 1.35 bits per heavy atom. The van der Waals surface area contributed by atoms with E-state index in [-0.39, 0.29) is 0 Å². The Kier molecular flexibility index (Phi) is 3.75. The van der Waals surface area contributed by atoms with Crippen LogP contribution in [0.4, 0.5) is 0 Å². The third-order valence-corrected chi connectivity index (χ3v) is 4.44. The van der Waals surface area contributed by atoms with Gasteiger partial charge >= 0.3 is 0 Å². The molecule has 6 heteroatoms. The van der Waals surface area contributed by atoms with E-state index in [9.17, 15) is 0 Å². The lowest BCUT2D eigenvalue weighted by Gasteiger charge is -2.11. The van der Waals surface area contributed by atoms with Gasteiger partial charge < -0.3 is 0 Å². The van der Waals surface area contributed by atoms with Crippen LogP contribution in [0.15, 0.2) is 41.9 Å². The SMILES string of the molecule is CC(Cn1c(-c2ccccc2)n[nH]c1=S)c1nccs1. The molecule has 1 atom stereocenters. The van der Waals surface area contributed by atoms with Gasteiger partial charge in [0.15, 0.2) is 10.6 Å². The Morgan fingerprint density at radius 2 is 2.15 bits per heavy atom. The minimum atomic E-state index is 0.307. The summed E-state index contributed by atoms with van der Waals surface area (Å²) in [5.41, 5.74) is 1.06. The molecule has 0 fully saturated rings. The fourth-order valence-electron chi connectivity index (χ4n) is 2.12. The molecular formula is C14H14N4S2. The molecule has 0 aliphatic carbocycles. The molecule has 0 aliphatic rings. The zero-order valence-electron chi connectivity index (χ0n) is 11.0. The second kappa shape index (κ2) is 5.68. The van der Waals surface area contributed by atoms with E-state index in [0.29, 0.717) is 10.7 Å². The molecule has 2 aromatic heterocycles. The third-order valence-electron chi connectivity index (χ3n) is 3.12. The molecular weight excluding hydrogens is 288 g/mol. The largest absolute Gasteiger partial charge is 0.299 e. The summed E-state index contributed by atoms with van der Waals surface area (Å²) in [6.45, 7) is 2.93. The highest BCUT2D eigenvalue weighted by Crippen LogP contribution is 2.23. The van der Waals surface area contributed by atoms with Crippen LogP contribution in [0.25, 0.3) is 11.4 Å². The van der Waals surface area contributed by atoms with Crippen LogP contribution in [0.5, 0.6) is 0 Å². The van der Waals surface area contributed by atoms with Crippen LogP contribution in [-0.2, 0) is 6.54 Å². The number of rotatable bonds is 4. The third kappa shape index (κ3) is 2.57. The molecule has 1 unspecified atom stereocenters. The summed E-state index contributed by atoms with van der Waals surface area (Å²) >= 11 is 7.02. The average molecular weight is 302 g/mol. The first-order valence-corrected chi connectivity index (χ1v) is 7.64. The van der Waals surface area contributed by atoms with Crippen LogP contribution < -0.4 is 0 Å². The van der Waals surface area contributed by atoms with Crippen molar-refractivity contribution in [2.75, 3.05) is 0 Å². The number of benzene rings is 1. The lowest BCUT2D eigenvalue weighted by molar-refractivity contribution is 0.592. The maximum atomic E-state index is 5.35. The van der Waals surface area contributed by atoms with Gasteiger partial charge in [0.2, 0.25) is 0 Å². The Morgan fingerprint density at radius 3 is 2.85 bits per heavy atom. The van der Waals surface area contributed by atoms with Crippen LogP contribution in [0.3, 0.4) is 0 Å². The van der Waals surface area contributed by atoms with Crippen LogP contribution in [0.1, 0.15) is 17.8 Å². The smallest absolute Gasteiger partial charge is 0.195 e. The van der Waals surface area contributed by atoms with Crippen molar-refractivity contribution >= 4 is 23.6 Å². The Hall–Kier alpha value is -1.79. The predicted molar refractivity (Wildman–Crippen MR) is 83.4 cm³/mol. The van der Waals surface area contributed by atoms with E-state index < -0.39 is 0 Å². The number of nitrogens with zero attached hydrogens (tertiary/aromatic N) is 3. The maximum Gasteiger partial charge on any atom is 0.195 e. The van der Waals surface area contributed by atoms with Gasteiger partial charge in [0, 0.05) is 29.6 Å². The molecule has 3 aromatic rings. The topological polar surface area (TPSA) is 46.5 Å². The standard InChI is InChI=1S/C14H14N4S2/c1-10(13-15-7-8-20-13)9-18-12(16-17-14(18)19)11-5-3-2-4-6-11/h2-8,10H,9H2,1H3,(H,17,19). The van der Waals surface area contributed by atoms with Crippen molar-refractivity contribution in [3.63, 3.8) is 0 Å². The van der Waals surface area contributed by atoms with Crippen LogP contribution >= 0.6 is 23.6 Å². The predicted octanol–water partition coefficient (Wildman–Crippen LogP) is 3.87. The van der Waals surface area contributed by atoms with Crippen LogP contribution in [-0.4, -0.2) is 19.7 Å². The second-order valence-electron chi connectivity index (χ2n) is 4.60. The van der Waals surface area contributed by atoms with Crippen LogP contribution in [0.2, 0.25) is 0 Å². The minimum Gasteiger partial charge on any atom is -0.299 e. The number of aromatic nitrogens is 4. The normalized spacial score (nSPS) is 12.4. The zero-order chi connectivity index (χ0) is 13.9. The summed E-state index contributed by atoms with van der Waals surface area (Å²) in [4.78, 5) is 4.37. The molecule has 4 nitrogen and oxygen atoms in total. The second-order valence-corrected chi connectivity index (χ2v) is 5.91. The molecule has 0 saturated heterocycles.